The summed E-state index contributed by atoms with van der Waals surface area (Å²) in [6.45, 7) is 2.07. The Kier molecular flexibility index (Phi) is 3.60. The number of rotatable bonds is 3. The average molecular weight is 417 g/mol. The van der Waals surface area contributed by atoms with Crippen molar-refractivity contribution in [1.82, 2.24) is 4.90 Å². The van der Waals surface area contributed by atoms with Crippen molar-refractivity contribution in [2.45, 2.75) is 55.9 Å². The lowest BCUT2D eigenvalue weighted by Gasteiger charge is -2.65. The zero-order valence-electron chi connectivity index (χ0n) is 15.0. The molecule has 1 saturated heterocycles. The van der Waals surface area contributed by atoms with Crippen LogP contribution in [0.5, 0.6) is 0 Å². The van der Waals surface area contributed by atoms with Gasteiger partial charge in [-0.3, -0.25) is 9.59 Å². The van der Waals surface area contributed by atoms with Crippen LogP contribution in [0, 0.1) is 30.1 Å². The largest absolute Gasteiger partial charge is 0.369 e. The van der Waals surface area contributed by atoms with Crippen molar-refractivity contribution in [3.8, 4) is 0 Å². The molecule has 5 unspecified atom stereocenters. The van der Waals surface area contributed by atoms with E-state index in [4.69, 9.17) is 5.73 Å². The Bertz CT molecular complexity index is 763. The molecule has 4 saturated carbocycles. The monoisotopic (exact) mass is 416 g/mol. The smallest absolute Gasteiger partial charge is 0.239 e. The van der Waals surface area contributed by atoms with E-state index in [0.29, 0.717) is 17.8 Å². The third-order valence-electron chi connectivity index (χ3n) is 7.53. The summed E-state index contributed by atoms with van der Waals surface area (Å²) in [7, 11) is 0. The van der Waals surface area contributed by atoms with Crippen LogP contribution in [0.25, 0.3) is 0 Å². The predicted octanol–water partition coefficient (Wildman–Crippen LogP) is 3.32. The van der Waals surface area contributed by atoms with Crippen molar-refractivity contribution >= 4 is 27.7 Å². The van der Waals surface area contributed by atoms with E-state index in [2.05, 4.69) is 47.1 Å². The minimum atomic E-state index is -0.513. The first kappa shape index (κ1) is 16.8. The predicted molar refractivity (Wildman–Crippen MR) is 102 cm³/mol. The van der Waals surface area contributed by atoms with Gasteiger partial charge in [0.2, 0.25) is 11.8 Å². The maximum Gasteiger partial charge on any atom is 0.239 e. The summed E-state index contributed by atoms with van der Waals surface area (Å²) < 4.78 is 0. The lowest BCUT2D eigenvalue weighted by molar-refractivity contribution is -0.184. The number of aryl methyl sites for hydroxylation is 1. The molecule has 4 aliphatic carbocycles. The maximum absolute atomic E-state index is 12.9. The number of likely N-dealkylation sites (tertiary alicyclic amines) is 1. The maximum atomic E-state index is 12.9. The lowest BCUT2D eigenvalue weighted by Crippen LogP contribution is -2.72. The van der Waals surface area contributed by atoms with E-state index in [1.807, 2.05) is 4.90 Å². The number of nitrogens with two attached hydrogens (primary N) is 1. The van der Waals surface area contributed by atoms with E-state index in [1.54, 1.807) is 0 Å². The molecule has 5 fully saturated rings. The van der Waals surface area contributed by atoms with Gasteiger partial charge in [-0.25, -0.2) is 0 Å². The second kappa shape index (κ2) is 5.57. The first-order chi connectivity index (χ1) is 12.4. The Balaban J connectivity index is 1.55. The van der Waals surface area contributed by atoms with Gasteiger partial charge in [-0.15, -0.1) is 0 Å². The van der Waals surface area contributed by atoms with Gasteiger partial charge in [0.25, 0.3) is 0 Å². The number of hydrogen-bond donors (Lipinski definition) is 1. The Morgan fingerprint density at radius 1 is 1.15 bits per heavy atom. The van der Waals surface area contributed by atoms with E-state index in [1.165, 1.54) is 12.0 Å². The van der Waals surface area contributed by atoms with Crippen molar-refractivity contribution in [1.29, 1.82) is 0 Å². The standard InChI is InChI=1S/C21H25BrN2O2/c1-11-2-4-14(5-3-11)17-16(22)19(25)24(17)18-15-7-12-6-13(8-15)10-21(18,9-12)20(23)26/h2-5,12-13,15-18H,6-10H2,1H3,(H2,23,26). The summed E-state index contributed by atoms with van der Waals surface area (Å²) in [5, 5.41) is 0. The number of halogens is 1. The fraction of sp³-hybridized carbons (Fsp3) is 0.619. The highest BCUT2D eigenvalue weighted by molar-refractivity contribution is 9.10. The summed E-state index contributed by atoms with van der Waals surface area (Å²) in [6, 6.07) is 8.39. The van der Waals surface area contributed by atoms with Gasteiger partial charge in [-0.1, -0.05) is 45.8 Å². The van der Waals surface area contributed by atoms with Crippen LogP contribution in [0.1, 0.15) is 49.3 Å². The van der Waals surface area contributed by atoms with Crippen LogP contribution in [0.4, 0.5) is 0 Å². The number of carbonyl (C=O) groups is 2. The number of primary amides is 1. The number of amides is 2. The van der Waals surface area contributed by atoms with Crippen LogP contribution < -0.4 is 5.73 Å². The first-order valence-corrected chi connectivity index (χ1v) is 10.6. The van der Waals surface area contributed by atoms with E-state index in [9.17, 15) is 9.59 Å². The van der Waals surface area contributed by atoms with Crippen molar-refractivity contribution < 1.29 is 9.59 Å². The third kappa shape index (κ3) is 2.12. The average Bonchev–Trinajstić information content (AvgIpc) is 2.60. The molecule has 2 N–H and O–H groups in total. The second-order valence-corrected chi connectivity index (χ2v) is 10.1. The first-order valence-electron chi connectivity index (χ1n) is 9.73. The van der Waals surface area contributed by atoms with Crippen molar-refractivity contribution in [3.05, 3.63) is 35.4 Å². The molecule has 5 heteroatoms. The molecule has 4 nitrogen and oxygen atoms in total. The highest BCUT2D eigenvalue weighted by atomic mass is 79.9. The molecule has 5 aliphatic rings. The van der Waals surface area contributed by atoms with Gasteiger partial charge in [0.1, 0.15) is 4.83 Å². The van der Waals surface area contributed by atoms with Gasteiger partial charge in [0, 0.05) is 6.04 Å². The molecule has 1 aromatic carbocycles. The normalized spacial score (nSPS) is 43.5. The van der Waals surface area contributed by atoms with Crippen molar-refractivity contribution in [2.75, 3.05) is 0 Å². The number of nitrogens with zero attached hydrogens (tertiary/aromatic N) is 1. The molecule has 1 aromatic rings. The van der Waals surface area contributed by atoms with Gasteiger partial charge in [0.05, 0.1) is 11.5 Å². The van der Waals surface area contributed by atoms with Gasteiger partial charge in [0.15, 0.2) is 0 Å². The molecule has 2 amide bonds. The number of alkyl halides is 1. The molecule has 138 valence electrons. The number of hydrogen-bond acceptors (Lipinski definition) is 2. The fourth-order valence-electron chi connectivity index (χ4n) is 6.73. The zero-order valence-corrected chi connectivity index (χ0v) is 16.6. The highest BCUT2D eigenvalue weighted by Gasteiger charge is 2.66. The summed E-state index contributed by atoms with van der Waals surface area (Å²) in [4.78, 5) is 27.4. The summed E-state index contributed by atoms with van der Waals surface area (Å²) in [5.41, 5.74) is 7.83. The summed E-state index contributed by atoms with van der Waals surface area (Å²) in [6.07, 6.45) is 5.28. The third-order valence-corrected chi connectivity index (χ3v) is 8.43. The number of benzene rings is 1. The van der Waals surface area contributed by atoms with Crippen LogP contribution in [-0.2, 0) is 9.59 Å². The number of β-lactam (4-membered cyclic amide) rings is 1. The van der Waals surface area contributed by atoms with Crippen LogP contribution in [0.3, 0.4) is 0 Å². The SMILES string of the molecule is Cc1ccc(C2C(Br)C(=O)N2C2C3CC4CC(C3)CC2(C(N)=O)C4)cc1. The fourth-order valence-corrected chi connectivity index (χ4v) is 7.53. The van der Waals surface area contributed by atoms with Crippen LogP contribution in [-0.4, -0.2) is 27.6 Å². The molecule has 4 bridgehead atoms. The Hall–Kier alpha value is -1.36. The quantitative estimate of drug-likeness (QED) is 0.606. The van der Waals surface area contributed by atoms with E-state index < -0.39 is 5.41 Å². The van der Waals surface area contributed by atoms with E-state index in [-0.39, 0.29) is 28.7 Å². The molecule has 26 heavy (non-hydrogen) atoms. The minimum Gasteiger partial charge on any atom is -0.369 e. The molecule has 6 rings (SSSR count). The topological polar surface area (TPSA) is 63.4 Å². The van der Waals surface area contributed by atoms with Crippen LogP contribution >= 0.6 is 15.9 Å². The highest BCUT2D eigenvalue weighted by Crippen LogP contribution is 2.63. The molecular weight excluding hydrogens is 392 g/mol. The van der Waals surface area contributed by atoms with Gasteiger partial charge >= 0.3 is 0 Å². The molecule has 1 aliphatic heterocycles. The van der Waals surface area contributed by atoms with Crippen molar-refractivity contribution in [3.63, 3.8) is 0 Å². The molecule has 0 aromatic heterocycles. The Morgan fingerprint density at radius 2 is 1.77 bits per heavy atom. The van der Waals surface area contributed by atoms with Crippen LogP contribution in [0.2, 0.25) is 0 Å². The summed E-state index contributed by atoms with van der Waals surface area (Å²) in [5.74, 6) is 1.59. The molecule has 0 radical (unpaired) electrons. The van der Waals surface area contributed by atoms with E-state index >= 15 is 0 Å². The Morgan fingerprint density at radius 3 is 2.35 bits per heavy atom. The van der Waals surface area contributed by atoms with Crippen LogP contribution in [0.15, 0.2) is 24.3 Å². The molecular formula is C21H25BrN2O2. The second-order valence-electron chi connectivity index (χ2n) is 9.08. The minimum absolute atomic E-state index is 0.00171. The lowest BCUT2D eigenvalue weighted by atomic mass is 9.46. The zero-order chi connectivity index (χ0) is 18.2. The molecule has 1 heterocycles. The van der Waals surface area contributed by atoms with Gasteiger partial charge in [-0.05, 0) is 62.3 Å². The molecule has 5 atom stereocenters. The van der Waals surface area contributed by atoms with Crippen molar-refractivity contribution in [2.24, 2.45) is 28.9 Å². The number of carbonyl (C=O) groups excluding carboxylic acids is 2. The summed E-state index contributed by atoms with van der Waals surface area (Å²) >= 11 is 3.60. The van der Waals surface area contributed by atoms with Gasteiger partial charge in [-0.2, -0.15) is 0 Å². The Labute approximate surface area is 162 Å². The molecule has 0 spiro atoms. The van der Waals surface area contributed by atoms with E-state index in [0.717, 1.165) is 31.2 Å². The van der Waals surface area contributed by atoms with Gasteiger partial charge < -0.3 is 10.6 Å².